The van der Waals surface area contributed by atoms with E-state index in [1.165, 1.54) is 25.1 Å². The van der Waals surface area contributed by atoms with Gasteiger partial charge in [0.2, 0.25) is 0 Å². The first kappa shape index (κ1) is 21.7. The molecule has 0 aliphatic heterocycles. The van der Waals surface area contributed by atoms with Crippen molar-refractivity contribution in [1.82, 2.24) is 5.32 Å². The average molecular weight is 402 g/mol. The third-order valence-corrected chi connectivity index (χ3v) is 4.24. The fourth-order valence-electron chi connectivity index (χ4n) is 2.68. The van der Waals surface area contributed by atoms with Crippen LogP contribution >= 0.6 is 0 Å². The highest BCUT2D eigenvalue weighted by molar-refractivity contribution is 5.93. The molecule has 0 heterocycles. The maximum atomic E-state index is 12.1. The minimum Gasteiger partial charge on any atom is -0.493 e. The topological polar surface area (TPSA) is 117 Å². The van der Waals surface area contributed by atoms with Gasteiger partial charge in [-0.25, -0.2) is 4.79 Å². The molecule has 0 bridgehead atoms. The molecule has 2 aromatic carbocycles. The highest BCUT2D eigenvalue weighted by Crippen LogP contribution is 2.27. The van der Waals surface area contributed by atoms with Gasteiger partial charge in [0.15, 0.2) is 18.1 Å². The molecule has 1 amide bonds. The number of methoxy groups -OCH3 is 2. The monoisotopic (exact) mass is 402 g/mol. The summed E-state index contributed by atoms with van der Waals surface area (Å²) >= 11 is 0. The van der Waals surface area contributed by atoms with Crippen molar-refractivity contribution in [2.24, 2.45) is 0 Å². The Kier molecular flexibility index (Phi) is 7.53. The standard InChI is InChI=1S/C20H22N2O7/c1-13-15(5-4-6-16(13)22(25)26)20(24)29-12-19(23)21-10-9-14-7-8-17(27-2)18(11-14)28-3/h4-8,11H,9-10,12H2,1-3H3,(H,21,23). The first-order valence-electron chi connectivity index (χ1n) is 8.76. The first-order chi connectivity index (χ1) is 13.9. The predicted octanol–water partition coefficient (Wildman–Crippen LogP) is 2.44. The summed E-state index contributed by atoms with van der Waals surface area (Å²) < 4.78 is 15.4. The second-order valence-electron chi connectivity index (χ2n) is 6.07. The summed E-state index contributed by atoms with van der Waals surface area (Å²) in [5.74, 6) is -0.0515. The number of nitrogens with zero attached hydrogens (tertiary/aromatic N) is 1. The molecule has 0 saturated heterocycles. The highest BCUT2D eigenvalue weighted by Gasteiger charge is 2.19. The third kappa shape index (κ3) is 5.68. The van der Waals surface area contributed by atoms with Crippen molar-refractivity contribution < 1.29 is 28.7 Å². The molecule has 29 heavy (non-hydrogen) atoms. The molecule has 0 spiro atoms. The Balaban J connectivity index is 1.84. The number of nitrogens with one attached hydrogen (secondary N) is 1. The van der Waals surface area contributed by atoms with Crippen LogP contribution < -0.4 is 14.8 Å². The molecule has 9 nitrogen and oxygen atoms in total. The summed E-state index contributed by atoms with van der Waals surface area (Å²) in [6.45, 7) is 1.31. The molecular formula is C20H22N2O7. The molecule has 1 N–H and O–H groups in total. The molecule has 0 radical (unpaired) electrons. The van der Waals surface area contributed by atoms with Crippen molar-refractivity contribution in [3.63, 3.8) is 0 Å². The number of carbonyl (C=O) groups is 2. The SMILES string of the molecule is COc1ccc(CCNC(=O)COC(=O)c2cccc([N+](=O)[O-])c2C)cc1OC. The molecule has 0 unspecified atom stereocenters. The van der Waals surface area contributed by atoms with Crippen LogP contribution in [0.25, 0.3) is 0 Å². The Morgan fingerprint density at radius 3 is 2.48 bits per heavy atom. The largest absolute Gasteiger partial charge is 0.493 e. The summed E-state index contributed by atoms with van der Waals surface area (Å²) in [7, 11) is 3.09. The van der Waals surface area contributed by atoms with Gasteiger partial charge in [0.05, 0.1) is 24.7 Å². The van der Waals surface area contributed by atoms with Gasteiger partial charge >= 0.3 is 5.97 Å². The Labute approximate surface area is 167 Å². The van der Waals surface area contributed by atoms with Crippen LogP contribution in [0.3, 0.4) is 0 Å². The highest BCUT2D eigenvalue weighted by atomic mass is 16.6. The van der Waals surface area contributed by atoms with Gasteiger partial charge in [-0.15, -0.1) is 0 Å². The van der Waals surface area contributed by atoms with E-state index < -0.39 is 23.4 Å². The first-order valence-corrected chi connectivity index (χ1v) is 8.76. The molecule has 2 aromatic rings. The van der Waals surface area contributed by atoms with Crippen molar-refractivity contribution in [1.29, 1.82) is 0 Å². The van der Waals surface area contributed by atoms with Gasteiger partial charge < -0.3 is 19.5 Å². The lowest BCUT2D eigenvalue weighted by Crippen LogP contribution is -2.30. The predicted molar refractivity (Wildman–Crippen MR) is 104 cm³/mol. The summed E-state index contributed by atoms with van der Waals surface area (Å²) in [4.78, 5) is 34.4. The quantitative estimate of drug-likeness (QED) is 0.389. The van der Waals surface area contributed by atoms with Crippen LogP contribution in [-0.2, 0) is 16.0 Å². The van der Waals surface area contributed by atoms with E-state index in [1.54, 1.807) is 20.3 Å². The van der Waals surface area contributed by atoms with E-state index in [0.29, 0.717) is 24.5 Å². The maximum absolute atomic E-state index is 12.1. The van der Waals surface area contributed by atoms with Gasteiger partial charge in [0, 0.05) is 18.2 Å². The van der Waals surface area contributed by atoms with Crippen LogP contribution in [0.1, 0.15) is 21.5 Å². The van der Waals surface area contributed by atoms with Crippen molar-refractivity contribution in [2.75, 3.05) is 27.4 Å². The van der Waals surface area contributed by atoms with E-state index in [1.807, 2.05) is 12.1 Å². The minimum absolute atomic E-state index is 0.0531. The number of amides is 1. The van der Waals surface area contributed by atoms with Crippen LogP contribution in [0, 0.1) is 17.0 Å². The number of nitro groups is 1. The smallest absolute Gasteiger partial charge is 0.339 e. The fraction of sp³-hybridized carbons (Fsp3) is 0.300. The van der Waals surface area contributed by atoms with E-state index in [9.17, 15) is 19.7 Å². The molecule has 154 valence electrons. The number of ether oxygens (including phenoxy) is 3. The van der Waals surface area contributed by atoms with E-state index in [0.717, 1.165) is 5.56 Å². The van der Waals surface area contributed by atoms with E-state index in [4.69, 9.17) is 14.2 Å². The fourth-order valence-corrected chi connectivity index (χ4v) is 2.68. The average Bonchev–Trinajstić information content (AvgIpc) is 2.71. The minimum atomic E-state index is -0.791. The maximum Gasteiger partial charge on any atom is 0.339 e. The van der Waals surface area contributed by atoms with Crippen LogP contribution in [0.5, 0.6) is 11.5 Å². The molecule has 9 heteroatoms. The Bertz CT molecular complexity index is 912. The van der Waals surface area contributed by atoms with Crippen LogP contribution in [0.2, 0.25) is 0 Å². The normalized spacial score (nSPS) is 10.2. The molecule has 2 rings (SSSR count). The summed E-state index contributed by atoms with van der Waals surface area (Å²) in [6, 6.07) is 9.56. The van der Waals surface area contributed by atoms with Crippen molar-refractivity contribution in [3.05, 3.63) is 63.2 Å². The zero-order valence-electron chi connectivity index (χ0n) is 16.4. The van der Waals surface area contributed by atoms with E-state index in [2.05, 4.69) is 5.32 Å². The van der Waals surface area contributed by atoms with E-state index >= 15 is 0 Å². The zero-order valence-corrected chi connectivity index (χ0v) is 16.4. The van der Waals surface area contributed by atoms with Gasteiger partial charge in [0.1, 0.15) is 0 Å². The third-order valence-electron chi connectivity index (χ3n) is 4.24. The molecular weight excluding hydrogens is 380 g/mol. The van der Waals surface area contributed by atoms with Gasteiger partial charge in [-0.05, 0) is 37.1 Å². The van der Waals surface area contributed by atoms with Gasteiger partial charge in [-0.1, -0.05) is 12.1 Å². The number of rotatable bonds is 9. The molecule has 0 saturated carbocycles. The summed E-state index contributed by atoms with van der Waals surface area (Å²) in [5, 5.41) is 13.6. The molecule has 0 atom stereocenters. The van der Waals surface area contributed by atoms with Crippen molar-refractivity contribution >= 4 is 17.6 Å². The van der Waals surface area contributed by atoms with Crippen molar-refractivity contribution in [3.8, 4) is 11.5 Å². The number of benzene rings is 2. The lowest BCUT2D eigenvalue weighted by atomic mass is 10.1. The summed E-state index contributed by atoms with van der Waals surface area (Å²) in [5.41, 5.74) is 1.000. The van der Waals surface area contributed by atoms with Crippen LogP contribution in [-0.4, -0.2) is 44.2 Å². The number of hydrogen-bond donors (Lipinski definition) is 1. The lowest BCUT2D eigenvalue weighted by Gasteiger charge is -2.10. The molecule has 0 aromatic heterocycles. The van der Waals surface area contributed by atoms with Gasteiger partial charge in [0.25, 0.3) is 11.6 Å². The van der Waals surface area contributed by atoms with Gasteiger partial charge in [-0.3, -0.25) is 14.9 Å². The van der Waals surface area contributed by atoms with Crippen LogP contribution in [0.15, 0.2) is 36.4 Å². The number of carbonyl (C=O) groups excluding carboxylic acids is 2. The number of hydrogen-bond acceptors (Lipinski definition) is 7. The molecule has 0 fully saturated rings. The Morgan fingerprint density at radius 1 is 1.10 bits per heavy atom. The number of nitro benzene ring substituents is 1. The van der Waals surface area contributed by atoms with Crippen LogP contribution in [0.4, 0.5) is 5.69 Å². The lowest BCUT2D eigenvalue weighted by molar-refractivity contribution is -0.385. The second-order valence-corrected chi connectivity index (χ2v) is 6.07. The summed E-state index contributed by atoms with van der Waals surface area (Å²) in [6.07, 6.45) is 0.546. The molecule has 0 aliphatic rings. The van der Waals surface area contributed by atoms with Crippen molar-refractivity contribution in [2.45, 2.75) is 13.3 Å². The Morgan fingerprint density at radius 2 is 1.83 bits per heavy atom. The Hall–Kier alpha value is -3.62. The second kappa shape index (κ2) is 10.1. The van der Waals surface area contributed by atoms with E-state index in [-0.39, 0.29) is 16.8 Å². The van der Waals surface area contributed by atoms with Gasteiger partial charge in [-0.2, -0.15) is 0 Å². The number of esters is 1. The zero-order chi connectivity index (χ0) is 21.4. The molecule has 0 aliphatic carbocycles.